The number of carbonyl (C=O) groups excluding carboxylic acids is 1. The molecule has 0 aliphatic rings. The van der Waals surface area contributed by atoms with Gasteiger partial charge in [0.15, 0.2) is 0 Å². The Bertz CT molecular complexity index is 619. The van der Waals surface area contributed by atoms with Crippen molar-refractivity contribution in [2.75, 3.05) is 7.05 Å². The molecule has 0 spiro atoms. The lowest BCUT2D eigenvalue weighted by Crippen LogP contribution is -2.27. The lowest BCUT2D eigenvalue weighted by Gasteiger charge is -2.16. The topological polar surface area (TPSA) is 56.0 Å². The van der Waals surface area contributed by atoms with E-state index in [0.717, 1.165) is 21.5 Å². The fourth-order valence-corrected chi connectivity index (χ4v) is 2.44. The maximum atomic E-state index is 12.2. The Balaban J connectivity index is 1.86. The van der Waals surface area contributed by atoms with Crippen LogP contribution in [0.25, 0.3) is 0 Å². The minimum Gasteiger partial charge on any atom is -0.340 e. The van der Waals surface area contributed by atoms with E-state index in [-0.39, 0.29) is 5.91 Å². The summed E-state index contributed by atoms with van der Waals surface area (Å²) in [4.78, 5) is 13.9. The first-order chi connectivity index (χ1) is 10.0. The average molecular weight is 401 g/mol. The van der Waals surface area contributed by atoms with Gasteiger partial charge in [0.1, 0.15) is 0 Å². The van der Waals surface area contributed by atoms with Gasteiger partial charge >= 0.3 is 0 Å². The molecular formula is C14H20IN5O. The zero-order valence-electron chi connectivity index (χ0n) is 12.6. The van der Waals surface area contributed by atoms with Gasteiger partial charge in [-0.15, -0.1) is 0 Å². The van der Waals surface area contributed by atoms with Crippen LogP contribution in [0.4, 0.5) is 0 Å². The highest BCUT2D eigenvalue weighted by Crippen LogP contribution is 2.10. The number of rotatable bonds is 6. The third-order valence-corrected chi connectivity index (χ3v) is 4.48. The molecule has 0 saturated carbocycles. The molecule has 2 aromatic heterocycles. The summed E-state index contributed by atoms with van der Waals surface area (Å²) < 4.78 is 4.86. The van der Waals surface area contributed by atoms with Crippen LogP contribution in [0.1, 0.15) is 24.7 Å². The maximum Gasteiger partial charge on any atom is 0.224 e. The van der Waals surface area contributed by atoms with Crippen molar-refractivity contribution in [1.29, 1.82) is 0 Å². The minimum atomic E-state index is 0.103. The molecule has 114 valence electrons. The van der Waals surface area contributed by atoms with Crippen molar-refractivity contribution in [3.63, 3.8) is 0 Å². The maximum absolute atomic E-state index is 12.2. The van der Waals surface area contributed by atoms with Crippen LogP contribution in [0, 0.1) is 10.5 Å². The predicted molar refractivity (Wildman–Crippen MR) is 88.7 cm³/mol. The van der Waals surface area contributed by atoms with Crippen molar-refractivity contribution in [2.45, 2.75) is 39.9 Å². The molecule has 21 heavy (non-hydrogen) atoms. The van der Waals surface area contributed by atoms with Crippen LogP contribution in [-0.4, -0.2) is 37.4 Å². The molecule has 0 aliphatic carbocycles. The van der Waals surface area contributed by atoms with Gasteiger partial charge in [-0.1, -0.05) is 0 Å². The first kappa shape index (κ1) is 16.0. The molecule has 0 N–H and O–H groups in total. The van der Waals surface area contributed by atoms with E-state index in [1.54, 1.807) is 4.90 Å². The van der Waals surface area contributed by atoms with Gasteiger partial charge in [0, 0.05) is 38.4 Å². The third kappa shape index (κ3) is 4.05. The number of halogens is 1. The molecule has 0 fully saturated rings. The van der Waals surface area contributed by atoms with Gasteiger partial charge in [-0.2, -0.15) is 10.2 Å². The Hall–Kier alpha value is -1.38. The van der Waals surface area contributed by atoms with Crippen LogP contribution in [-0.2, 0) is 24.4 Å². The molecule has 0 unspecified atom stereocenters. The van der Waals surface area contributed by atoms with Crippen LogP contribution < -0.4 is 0 Å². The monoisotopic (exact) mass is 401 g/mol. The second-order valence-electron chi connectivity index (χ2n) is 4.96. The summed E-state index contributed by atoms with van der Waals surface area (Å²) in [5, 5.41) is 8.66. The van der Waals surface area contributed by atoms with Gasteiger partial charge in [-0.05, 0) is 42.5 Å². The van der Waals surface area contributed by atoms with Crippen LogP contribution in [0.3, 0.4) is 0 Å². The molecule has 6 nitrogen and oxygen atoms in total. The lowest BCUT2D eigenvalue weighted by atomic mass is 10.3. The Labute approximate surface area is 138 Å². The van der Waals surface area contributed by atoms with Gasteiger partial charge in [-0.3, -0.25) is 14.2 Å². The highest BCUT2D eigenvalue weighted by molar-refractivity contribution is 14.1. The predicted octanol–water partition coefficient (Wildman–Crippen LogP) is 2.06. The second-order valence-corrected chi connectivity index (χ2v) is 6.13. The van der Waals surface area contributed by atoms with Gasteiger partial charge in [-0.25, -0.2) is 0 Å². The second kappa shape index (κ2) is 7.06. The Morgan fingerprint density at radius 3 is 2.81 bits per heavy atom. The summed E-state index contributed by atoms with van der Waals surface area (Å²) in [5.74, 6) is 0.103. The van der Waals surface area contributed by atoms with Crippen molar-refractivity contribution < 1.29 is 4.79 Å². The van der Waals surface area contributed by atoms with Crippen molar-refractivity contribution >= 4 is 28.5 Å². The number of hydrogen-bond acceptors (Lipinski definition) is 3. The normalized spacial score (nSPS) is 10.9. The Morgan fingerprint density at radius 2 is 2.24 bits per heavy atom. The number of amides is 1. The van der Waals surface area contributed by atoms with Crippen LogP contribution >= 0.6 is 22.6 Å². The van der Waals surface area contributed by atoms with Crippen molar-refractivity contribution in [2.24, 2.45) is 0 Å². The third-order valence-electron chi connectivity index (χ3n) is 3.43. The van der Waals surface area contributed by atoms with E-state index >= 15 is 0 Å². The van der Waals surface area contributed by atoms with E-state index in [0.29, 0.717) is 19.5 Å². The summed E-state index contributed by atoms with van der Waals surface area (Å²) in [5.41, 5.74) is 2.02. The molecule has 0 saturated heterocycles. The minimum absolute atomic E-state index is 0.103. The van der Waals surface area contributed by atoms with Crippen molar-refractivity contribution in [1.82, 2.24) is 24.5 Å². The molecule has 2 rings (SSSR count). The summed E-state index contributed by atoms with van der Waals surface area (Å²) in [7, 11) is 1.81. The SMILES string of the molecule is CCn1ccc(CN(C)C(=O)CCn2ncc(I)c2C)n1. The Kier molecular flexibility index (Phi) is 5.38. The first-order valence-corrected chi connectivity index (χ1v) is 8.03. The molecule has 0 radical (unpaired) electrons. The van der Waals surface area contributed by atoms with E-state index in [4.69, 9.17) is 0 Å². The van der Waals surface area contributed by atoms with E-state index < -0.39 is 0 Å². The summed E-state index contributed by atoms with van der Waals surface area (Å²) in [6, 6.07) is 1.95. The van der Waals surface area contributed by atoms with Crippen LogP contribution in [0.15, 0.2) is 18.5 Å². The molecule has 2 heterocycles. The number of nitrogens with zero attached hydrogens (tertiary/aromatic N) is 5. The lowest BCUT2D eigenvalue weighted by molar-refractivity contribution is -0.130. The fraction of sp³-hybridized carbons (Fsp3) is 0.500. The van der Waals surface area contributed by atoms with E-state index in [2.05, 4.69) is 32.8 Å². The summed E-state index contributed by atoms with van der Waals surface area (Å²) in [6.45, 7) is 6.05. The molecular weight excluding hydrogens is 381 g/mol. The molecule has 0 aromatic carbocycles. The number of aromatic nitrogens is 4. The zero-order chi connectivity index (χ0) is 15.4. The average Bonchev–Trinajstić information content (AvgIpc) is 3.05. The molecule has 0 bridgehead atoms. The number of aryl methyl sites for hydroxylation is 2. The summed E-state index contributed by atoms with van der Waals surface area (Å²) >= 11 is 2.25. The van der Waals surface area contributed by atoms with Gasteiger partial charge in [0.25, 0.3) is 0 Å². The molecule has 0 aliphatic heterocycles. The van der Waals surface area contributed by atoms with E-state index in [1.165, 1.54) is 0 Å². The highest BCUT2D eigenvalue weighted by Gasteiger charge is 2.12. The van der Waals surface area contributed by atoms with Crippen molar-refractivity contribution in [3.8, 4) is 0 Å². The largest absolute Gasteiger partial charge is 0.340 e. The van der Waals surface area contributed by atoms with Crippen molar-refractivity contribution in [3.05, 3.63) is 33.4 Å². The molecule has 0 atom stereocenters. The zero-order valence-corrected chi connectivity index (χ0v) is 14.7. The van der Waals surface area contributed by atoms with E-state index in [9.17, 15) is 4.79 Å². The standard InChI is InChI=1S/C14H20IN5O/c1-4-19-7-5-12(17-19)10-18(3)14(21)6-8-20-11(2)13(15)9-16-20/h5,7,9H,4,6,8,10H2,1-3H3. The number of carbonyl (C=O) groups is 1. The van der Waals surface area contributed by atoms with Crippen LogP contribution in [0.2, 0.25) is 0 Å². The van der Waals surface area contributed by atoms with Gasteiger partial charge in [0.2, 0.25) is 5.91 Å². The molecule has 1 amide bonds. The fourth-order valence-electron chi connectivity index (χ4n) is 2.04. The van der Waals surface area contributed by atoms with E-state index in [1.807, 2.05) is 48.7 Å². The molecule has 2 aromatic rings. The van der Waals surface area contributed by atoms with Gasteiger partial charge in [0.05, 0.1) is 22.0 Å². The highest BCUT2D eigenvalue weighted by atomic mass is 127. The first-order valence-electron chi connectivity index (χ1n) is 6.95. The smallest absolute Gasteiger partial charge is 0.224 e. The quantitative estimate of drug-likeness (QED) is 0.697. The summed E-state index contributed by atoms with van der Waals surface area (Å²) in [6.07, 6.45) is 4.20. The van der Waals surface area contributed by atoms with Crippen LogP contribution in [0.5, 0.6) is 0 Å². The molecule has 7 heteroatoms. The number of hydrogen-bond donors (Lipinski definition) is 0. The van der Waals surface area contributed by atoms with Gasteiger partial charge < -0.3 is 4.90 Å². The Morgan fingerprint density at radius 1 is 1.48 bits per heavy atom.